The summed E-state index contributed by atoms with van der Waals surface area (Å²) in [5.41, 5.74) is 0.347. The van der Waals surface area contributed by atoms with E-state index in [1.54, 1.807) is 0 Å². The third-order valence-corrected chi connectivity index (χ3v) is 4.65. The fraction of sp³-hybridized carbons (Fsp3) is 1.00. The standard InChI is InChI=1S/C16H34N2/c1-6-17-14(2)16(3,4)13-18(5)12-15-10-8-7-9-11-15/h14-15,17H,6-13H2,1-5H3. The highest BCUT2D eigenvalue weighted by molar-refractivity contribution is 4.83. The predicted octanol–water partition coefficient (Wildman–Crippen LogP) is 3.52. The average Bonchev–Trinajstić information content (AvgIpc) is 2.29. The Morgan fingerprint density at radius 3 is 2.39 bits per heavy atom. The Bertz CT molecular complexity index is 219. The molecule has 1 fully saturated rings. The number of nitrogens with zero attached hydrogens (tertiary/aromatic N) is 1. The van der Waals surface area contributed by atoms with Crippen molar-refractivity contribution in [3.63, 3.8) is 0 Å². The van der Waals surface area contributed by atoms with Crippen LogP contribution >= 0.6 is 0 Å². The van der Waals surface area contributed by atoms with Crippen molar-refractivity contribution in [3.05, 3.63) is 0 Å². The molecule has 0 amide bonds. The van der Waals surface area contributed by atoms with Crippen molar-refractivity contribution in [3.8, 4) is 0 Å². The van der Waals surface area contributed by atoms with Crippen LogP contribution < -0.4 is 5.32 Å². The zero-order chi connectivity index (χ0) is 13.6. The lowest BCUT2D eigenvalue weighted by Crippen LogP contribution is -2.46. The Morgan fingerprint density at radius 1 is 1.22 bits per heavy atom. The maximum atomic E-state index is 3.57. The van der Waals surface area contributed by atoms with E-state index >= 15 is 0 Å². The zero-order valence-electron chi connectivity index (χ0n) is 13.3. The Balaban J connectivity index is 2.34. The van der Waals surface area contributed by atoms with Gasteiger partial charge in [0.1, 0.15) is 0 Å². The van der Waals surface area contributed by atoms with Crippen molar-refractivity contribution in [1.29, 1.82) is 0 Å². The van der Waals surface area contributed by atoms with Gasteiger partial charge in [-0.1, -0.05) is 40.0 Å². The first kappa shape index (κ1) is 16.0. The summed E-state index contributed by atoms with van der Waals surface area (Å²) < 4.78 is 0. The molecule has 1 aliphatic rings. The maximum Gasteiger partial charge on any atom is 0.0102 e. The number of hydrogen-bond donors (Lipinski definition) is 1. The molecule has 108 valence electrons. The molecule has 0 spiro atoms. The minimum absolute atomic E-state index is 0.347. The maximum absolute atomic E-state index is 3.57. The molecular formula is C16H34N2. The van der Waals surface area contributed by atoms with Crippen LogP contribution in [0, 0.1) is 11.3 Å². The van der Waals surface area contributed by atoms with Gasteiger partial charge < -0.3 is 10.2 Å². The first-order valence-corrected chi connectivity index (χ1v) is 7.87. The summed E-state index contributed by atoms with van der Waals surface area (Å²) >= 11 is 0. The molecule has 2 heteroatoms. The van der Waals surface area contributed by atoms with Crippen LogP contribution in [-0.4, -0.2) is 37.6 Å². The molecule has 0 heterocycles. The van der Waals surface area contributed by atoms with Crippen LogP contribution in [0.15, 0.2) is 0 Å². The Labute approximate surface area is 115 Å². The highest BCUT2D eigenvalue weighted by Gasteiger charge is 2.27. The number of hydrogen-bond acceptors (Lipinski definition) is 2. The van der Waals surface area contributed by atoms with Gasteiger partial charge in [-0.05, 0) is 44.7 Å². The lowest BCUT2D eigenvalue weighted by Gasteiger charge is -2.37. The number of rotatable bonds is 7. The first-order valence-electron chi connectivity index (χ1n) is 7.87. The van der Waals surface area contributed by atoms with E-state index in [0.29, 0.717) is 11.5 Å². The van der Waals surface area contributed by atoms with Gasteiger partial charge in [-0.3, -0.25) is 0 Å². The van der Waals surface area contributed by atoms with Gasteiger partial charge in [-0.25, -0.2) is 0 Å². The largest absolute Gasteiger partial charge is 0.314 e. The van der Waals surface area contributed by atoms with Crippen LogP contribution in [0.3, 0.4) is 0 Å². The summed E-state index contributed by atoms with van der Waals surface area (Å²) in [6, 6.07) is 0.580. The average molecular weight is 254 g/mol. The minimum atomic E-state index is 0.347. The smallest absolute Gasteiger partial charge is 0.0102 e. The lowest BCUT2D eigenvalue weighted by atomic mass is 9.84. The van der Waals surface area contributed by atoms with E-state index in [1.807, 2.05) is 0 Å². The van der Waals surface area contributed by atoms with Gasteiger partial charge in [0.2, 0.25) is 0 Å². The fourth-order valence-corrected chi connectivity index (χ4v) is 3.29. The van der Waals surface area contributed by atoms with Gasteiger partial charge in [-0.2, -0.15) is 0 Å². The van der Waals surface area contributed by atoms with E-state index < -0.39 is 0 Å². The van der Waals surface area contributed by atoms with Crippen molar-refractivity contribution in [2.24, 2.45) is 11.3 Å². The van der Waals surface area contributed by atoms with Crippen molar-refractivity contribution in [2.75, 3.05) is 26.7 Å². The Kier molecular flexibility index (Phi) is 6.65. The molecule has 1 atom stereocenters. The molecule has 0 radical (unpaired) electrons. The molecule has 1 rings (SSSR count). The predicted molar refractivity (Wildman–Crippen MR) is 81.0 cm³/mol. The van der Waals surface area contributed by atoms with E-state index in [9.17, 15) is 0 Å². The second-order valence-corrected chi connectivity index (χ2v) is 6.97. The molecule has 0 saturated heterocycles. The van der Waals surface area contributed by atoms with Gasteiger partial charge in [0, 0.05) is 19.1 Å². The highest BCUT2D eigenvalue weighted by Crippen LogP contribution is 2.26. The summed E-state index contributed by atoms with van der Waals surface area (Å²) in [6.45, 7) is 12.8. The Hall–Kier alpha value is -0.0800. The van der Waals surface area contributed by atoms with E-state index in [-0.39, 0.29) is 0 Å². The van der Waals surface area contributed by atoms with Crippen LogP contribution in [0.4, 0.5) is 0 Å². The summed E-state index contributed by atoms with van der Waals surface area (Å²) in [7, 11) is 2.30. The molecule has 2 nitrogen and oxygen atoms in total. The molecule has 18 heavy (non-hydrogen) atoms. The van der Waals surface area contributed by atoms with Crippen LogP contribution in [0.25, 0.3) is 0 Å². The summed E-state index contributed by atoms with van der Waals surface area (Å²) in [5, 5.41) is 3.57. The van der Waals surface area contributed by atoms with E-state index in [1.165, 1.54) is 45.2 Å². The van der Waals surface area contributed by atoms with Crippen molar-refractivity contribution < 1.29 is 0 Å². The normalized spacial score (nSPS) is 20.3. The van der Waals surface area contributed by atoms with Gasteiger partial charge in [-0.15, -0.1) is 0 Å². The molecule has 0 bridgehead atoms. The molecule has 1 aliphatic carbocycles. The Morgan fingerprint density at radius 2 is 1.83 bits per heavy atom. The van der Waals surface area contributed by atoms with Crippen LogP contribution in [0.2, 0.25) is 0 Å². The molecule has 1 unspecified atom stereocenters. The molecule has 0 aliphatic heterocycles. The van der Waals surface area contributed by atoms with Gasteiger partial charge in [0.25, 0.3) is 0 Å². The summed E-state index contributed by atoms with van der Waals surface area (Å²) in [4.78, 5) is 2.56. The minimum Gasteiger partial charge on any atom is -0.314 e. The van der Waals surface area contributed by atoms with Gasteiger partial charge >= 0.3 is 0 Å². The van der Waals surface area contributed by atoms with E-state index in [4.69, 9.17) is 0 Å². The van der Waals surface area contributed by atoms with Crippen molar-refractivity contribution >= 4 is 0 Å². The SMILES string of the molecule is CCNC(C)C(C)(C)CN(C)CC1CCCCC1. The van der Waals surface area contributed by atoms with E-state index in [2.05, 4.69) is 45.0 Å². The molecule has 0 aromatic carbocycles. The molecule has 1 saturated carbocycles. The summed E-state index contributed by atoms with van der Waals surface area (Å²) in [5.74, 6) is 0.953. The fourth-order valence-electron chi connectivity index (χ4n) is 3.29. The van der Waals surface area contributed by atoms with Crippen LogP contribution in [0.5, 0.6) is 0 Å². The molecular weight excluding hydrogens is 220 g/mol. The monoisotopic (exact) mass is 254 g/mol. The highest BCUT2D eigenvalue weighted by atomic mass is 15.1. The topological polar surface area (TPSA) is 15.3 Å². The third-order valence-electron chi connectivity index (χ3n) is 4.65. The summed E-state index contributed by atoms with van der Waals surface area (Å²) in [6.07, 6.45) is 7.27. The van der Waals surface area contributed by atoms with Crippen LogP contribution in [-0.2, 0) is 0 Å². The van der Waals surface area contributed by atoms with Crippen molar-refractivity contribution in [2.45, 2.75) is 65.8 Å². The van der Waals surface area contributed by atoms with Crippen LogP contribution in [0.1, 0.15) is 59.8 Å². The lowest BCUT2D eigenvalue weighted by molar-refractivity contribution is 0.140. The quantitative estimate of drug-likeness (QED) is 0.748. The molecule has 1 N–H and O–H groups in total. The van der Waals surface area contributed by atoms with Crippen molar-refractivity contribution in [1.82, 2.24) is 10.2 Å². The van der Waals surface area contributed by atoms with E-state index in [0.717, 1.165) is 12.5 Å². The van der Waals surface area contributed by atoms with Gasteiger partial charge in [0.05, 0.1) is 0 Å². The first-order chi connectivity index (χ1) is 8.45. The zero-order valence-corrected chi connectivity index (χ0v) is 13.3. The second kappa shape index (κ2) is 7.49. The second-order valence-electron chi connectivity index (χ2n) is 6.97. The molecule has 0 aromatic rings. The van der Waals surface area contributed by atoms with Gasteiger partial charge in [0.15, 0.2) is 0 Å². The third kappa shape index (κ3) is 5.27. The number of nitrogens with one attached hydrogen (secondary N) is 1. The molecule has 0 aromatic heterocycles.